The van der Waals surface area contributed by atoms with Gasteiger partial charge in [0.05, 0.1) is 29.0 Å². The van der Waals surface area contributed by atoms with Crippen LogP contribution in [0.15, 0.2) is 29.1 Å². The second kappa shape index (κ2) is 6.90. The molecule has 1 aromatic carbocycles. The van der Waals surface area contributed by atoms with Crippen molar-refractivity contribution in [3.63, 3.8) is 0 Å². The lowest BCUT2D eigenvalue weighted by molar-refractivity contribution is -0.188. The summed E-state index contributed by atoms with van der Waals surface area (Å²) in [6.07, 6.45) is 1.31. The maximum absolute atomic E-state index is 13.3. The van der Waals surface area contributed by atoms with Gasteiger partial charge in [0.25, 0.3) is 5.56 Å². The van der Waals surface area contributed by atoms with Crippen LogP contribution in [0.5, 0.6) is 0 Å². The predicted molar refractivity (Wildman–Crippen MR) is 111 cm³/mol. The quantitative estimate of drug-likeness (QED) is 0.646. The Kier molecular flexibility index (Phi) is 4.45. The first-order valence-corrected chi connectivity index (χ1v) is 10.8. The van der Waals surface area contributed by atoms with Crippen molar-refractivity contribution in [1.82, 2.24) is 14.7 Å². The van der Waals surface area contributed by atoms with E-state index in [0.717, 1.165) is 20.5 Å². The van der Waals surface area contributed by atoms with Gasteiger partial charge in [-0.15, -0.1) is 11.3 Å². The van der Waals surface area contributed by atoms with Gasteiger partial charge < -0.3 is 14.4 Å². The molecule has 0 radical (unpaired) electrons. The molecule has 2 fully saturated rings. The van der Waals surface area contributed by atoms with E-state index in [2.05, 4.69) is 5.10 Å². The number of amides is 1. The minimum absolute atomic E-state index is 0.0919. The molecule has 8 heteroatoms. The summed E-state index contributed by atoms with van der Waals surface area (Å²) >= 11 is 1.57. The largest absolute Gasteiger partial charge is 0.347 e. The molecule has 2 saturated heterocycles. The maximum Gasteiger partial charge on any atom is 0.276 e. The highest BCUT2D eigenvalue weighted by molar-refractivity contribution is 7.26. The molecule has 1 amide bonds. The van der Waals surface area contributed by atoms with Crippen LogP contribution in [0, 0.1) is 6.92 Å². The number of hydrogen-bond acceptors (Lipinski definition) is 6. The van der Waals surface area contributed by atoms with E-state index in [1.54, 1.807) is 23.2 Å². The molecule has 4 heterocycles. The molecule has 0 N–H and O–H groups in total. The fraction of sp³-hybridized carbons (Fsp3) is 0.476. The summed E-state index contributed by atoms with van der Waals surface area (Å²) in [6, 6.07) is 7.20. The Hall–Kier alpha value is -2.29. The summed E-state index contributed by atoms with van der Waals surface area (Å²) in [4.78, 5) is 28.2. The fourth-order valence-electron chi connectivity index (χ4n) is 4.36. The minimum atomic E-state index is -0.663. The Balaban J connectivity index is 1.47. The summed E-state index contributed by atoms with van der Waals surface area (Å²) in [5.74, 6) is -0.619. The first kappa shape index (κ1) is 18.7. The number of likely N-dealkylation sites (tertiary alicyclic amines) is 1. The molecule has 0 aliphatic carbocycles. The third kappa shape index (κ3) is 2.97. The third-order valence-electron chi connectivity index (χ3n) is 5.98. The number of ether oxygens (including phenoxy) is 2. The Labute approximate surface area is 171 Å². The van der Waals surface area contributed by atoms with Crippen LogP contribution in [0.1, 0.15) is 31.5 Å². The van der Waals surface area contributed by atoms with Crippen molar-refractivity contribution >= 4 is 37.4 Å². The predicted octanol–water partition coefficient (Wildman–Crippen LogP) is 2.85. The van der Waals surface area contributed by atoms with Crippen LogP contribution in [0.4, 0.5) is 0 Å². The molecule has 152 valence electrons. The van der Waals surface area contributed by atoms with Crippen molar-refractivity contribution in [1.29, 1.82) is 0 Å². The summed E-state index contributed by atoms with van der Waals surface area (Å²) in [5, 5.41) is 6.08. The molecule has 2 aromatic heterocycles. The molecule has 29 heavy (non-hydrogen) atoms. The number of aryl methyl sites for hydroxylation is 1. The van der Waals surface area contributed by atoms with Gasteiger partial charge in [0.15, 0.2) is 5.79 Å². The monoisotopic (exact) mass is 413 g/mol. The highest BCUT2D eigenvalue weighted by atomic mass is 32.1. The van der Waals surface area contributed by atoms with Crippen molar-refractivity contribution in [2.75, 3.05) is 26.3 Å². The number of carbonyl (C=O) groups excluding carboxylic acids is 1. The van der Waals surface area contributed by atoms with Gasteiger partial charge in [-0.2, -0.15) is 5.10 Å². The summed E-state index contributed by atoms with van der Waals surface area (Å²) in [6.45, 7) is 5.98. The average molecular weight is 413 g/mol. The zero-order chi connectivity index (χ0) is 20.2. The van der Waals surface area contributed by atoms with E-state index in [4.69, 9.17) is 9.47 Å². The van der Waals surface area contributed by atoms with Crippen molar-refractivity contribution in [2.24, 2.45) is 0 Å². The number of benzene rings is 1. The molecule has 1 atom stereocenters. The number of aromatic nitrogens is 2. The van der Waals surface area contributed by atoms with Crippen LogP contribution in [0.25, 0.3) is 20.2 Å². The topological polar surface area (TPSA) is 73.7 Å². The third-order valence-corrected chi connectivity index (χ3v) is 7.26. The Morgan fingerprint density at radius 1 is 1.21 bits per heavy atom. The Morgan fingerprint density at radius 2 is 1.90 bits per heavy atom. The van der Waals surface area contributed by atoms with Gasteiger partial charge >= 0.3 is 0 Å². The molecule has 0 saturated carbocycles. The Morgan fingerprint density at radius 3 is 2.62 bits per heavy atom. The molecule has 7 nitrogen and oxygen atoms in total. The molecule has 3 aromatic rings. The molecular weight excluding hydrogens is 390 g/mol. The van der Waals surface area contributed by atoms with Crippen molar-refractivity contribution in [3.8, 4) is 0 Å². The Bertz CT molecular complexity index is 1150. The van der Waals surface area contributed by atoms with E-state index >= 15 is 0 Å². The number of fused-ring (bicyclic) bond motifs is 3. The second-order valence-electron chi connectivity index (χ2n) is 7.75. The summed E-state index contributed by atoms with van der Waals surface area (Å²) < 4.78 is 14.8. The second-order valence-corrected chi connectivity index (χ2v) is 8.80. The first-order valence-electron chi connectivity index (χ1n) is 9.96. The van der Waals surface area contributed by atoms with Crippen LogP contribution in [-0.2, 0) is 14.3 Å². The van der Waals surface area contributed by atoms with Gasteiger partial charge in [-0.25, -0.2) is 4.68 Å². The SMILES string of the molecule is Cc1nn([C@@H](C)C(=O)N2CCC3(CC2)OCCO3)c(=O)c2c1sc1ccccc12. The molecule has 5 rings (SSSR count). The lowest BCUT2D eigenvalue weighted by Gasteiger charge is -2.38. The fourth-order valence-corrected chi connectivity index (χ4v) is 5.50. The van der Waals surface area contributed by atoms with Crippen LogP contribution in [-0.4, -0.2) is 52.7 Å². The summed E-state index contributed by atoms with van der Waals surface area (Å²) in [5.41, 5.74) is 0.561. The van der Waals surface area contributed by atoms with E-state index in [1.807, 2.05) is 31.2 Å². The van der Waals surface area contributed by atoms with Crippen molar-refractivity contribution < 1.29 is 14.3 Å². The van der Waals surface area contributed by atoms with Crippen LogP contribution < -0.4 is 5.56 Å². The summed E-state index contributed by atoms with van der Waals surface area (Å²) in [7, 11) is 0. The van der Waals surface area contributed by atoms with E-state index < -0.39 is 11.8 Å². The van der Waals surface area contributed by atoms with E-state index in [0.29, 0.717) is 44.5 Å². The zero-order valence-electron chi connectivity index (χ0n) is 16.5. The van der Waals surface area contributed by atoms with Gasteiger partial charge in [0.1, 0.15) is 6.04 Å². The van der Waals surface area contributed by atoms with Crippen LogP contribution in [0.2, 0.25) is 0 Å². The van der Waals surface area contributed by atoms with Gasteiger partial charge in [0, 0.05) is 36.0 Å². The molecule has 2 aliphatic heterocycles. The van der Waals surface area contributed by atoms with Crippen molar-refractivity contribution in [2.45, 2.75) is 38.5 Å². The van der Waals surface area contributed by atoms with E-state index in [-0.39, 0.29) is 11.5 Å². The lowest BCUT2D eigenvalue weighted by Crippen LogP contribution is -2.49. The van der Waals surface area contributed by atoms with Crippen LogP contribution in [0.3, 0.4) is 0 Å². The normalized spacial score (nSPS) is 20.0. The average Bonchev–Trinajstić information content (AvgIpc) is 3.35. The highest BCUT2D eigenvalue weighted by Crippen LogP contribution is 2.34. The smallest absolute Gasteiger partial charge is 0.276 e. The minimum Gasteiger partial charge on any atom is -0.347 e. The maximum atomic E-state index is 13.3. The van der Waals surface area contributed by atoms with Gasteiger partial charge in [-0.3, -0.25) is 9.59 Å². The number of carbonyl (C=O) groups is 1. The van der Waals surface area contributed by atoms with E-state index in [9.17, 15) is 9.59 Å². The number of piperidine rings is 1. The molecular formula is C21H23N3O4S. The van der Waals surface area contributed by atoms with Crippen molar-refractivity contribution in [3.05, 3.63) is 40.3 Å². The standard InChI is InChI=1S/C21H23N3O4S/c1-13-18-17(15-5-3-4-6-16(15)29-18)20(26)24(22-13)14(2)19(25)23-9-7-21(8-10-23)27-11-12-28-21/h3-6,14H,7-12H2,1-2H3/t14-/m0/s1. The number of nitrogens with zero attached hydrogens (tertiary/aromatic N) is 3. The van der Waals surface area contributed by atoms with E-state index in [1.165, 1.54) is 4.68 Å². The molecule has 0 unspecified atom stereocenters. The zero-order valence-corrected chi connectivity index (χ0v) is 17.3. The first-order chi connectivity index (χ1) is 14.0. The van der Waals surface area contributed by atoms with Gasteiger partial charge in [0.2, 0.25) is 5.91 Å². The molecule has 1 spiro atoms. The lowest BCUT2D eigenvalue weighted by atomic mass is 10.0. The number of rotatable bonds is 2. The van der Waals surface area contributed by atoms with Gasteiger partial charge in [-0.1, -0.05) is 18.2 Å². The highest BCUT2D eigenvalue weighted by Gasteiger charge is 2.41. The number of thiophene rings is 1. The number of hydrogen-bond donors (Lipinski definition) is 0. The molecule has 2 aliphatic rings. The molecule has 0 bridgehead atoms. The van der Waals surface area contributed by atoms with Gasteiger partial charge in [-0.05, 0) is 19.9 Å². The van der Waals surface area contributed by atoms with Crippen LogP contribution >= 0.6 is 11.3 Å².